The molecule has 4 nitrogen and oxygen atoms in total. The van der Waals surface area contributed by atoms with Crippen molar-refractivity contribution >= 4 is 11.8 Å². The summed E-state index contributed by atoms with van der Waals surface area (Å²) in [4.78, 5) is 23.4. The van der Waals surface area contributed by atoms with Gasteiger partial charge in [0.1, 0.15) is 0 Å². The second-order valence-electron chi connectivity index (χ2n) is 3.15. The van der Waals surface area contributed by atoms with Crippen molar-refractivity contribution in [3.8, 4) is 0 Å². The zero-order chi connectivity index (χ0) is 8.01. The van der Waals surface area contributed by atoms with E-state index in [4.69, 9.17) is 0 Å². The van der Waals surface area contributed by atoms with E-state index < -0.39 is 0 Å². The van der Waals surface area contributed by atoms with Crippen LogP contribution >= 0.6 is 0 Å². The van der Waals surface area contributed by atoms with Crippen molar-refractivity contribution in [3.63, 3.8) is 0 Å². The zero-order valence-corrected chi connectivity index (χ0v) is 6.33. The number of hydrogen-bond acceptors (Lipinski definition) is 2. The van der Waals surface area contributed by atoms with Crippen LogP contribution in [-0.2, 0) is 9.59 Å². The number of β-lactam (4-membered cyclic amide) rings is 1. The third kappa shape index (κ3) is 0.818. The molecule has 0 aromatic heterocycles. The lowest BCUT2D eigenvalue weighted by atomic mass is 9.95. The largest absolute Gasteiger partial charge is 0.350 e. The van der Waals surface area contributed by atoms with Crippen LogP contribution in [0, 0.1) is 5.92 Å². The molecule has 0 aromatic rings. The van der Waals surface area contributed by atoms with E-state index in [1.165, 1.54) is 6.92 Å². The van der Waals surface area contributed by atoms with Crippen LogP contribution in [0.15, 0.2) is 0 Å². The molecule has 11 heavy (non-hydrogen) atoms. The molecule has 2 atom stereocenters. The van der Waals surface area contributed by atoms with Crippen molar-refractivity contribution in [2.24, 2.45) is 5.92 Å². The average molecular weight is 154 g/mol. The Morgan fingerprint density at radius 1 is 1.64 bits per heavy atom. The van der Waals surface area contributed by atoms with Gasteiger partial charge in [-0.3, -0.25) is 9.59 Å². The van der Waals surface area contributed by atoms with Gasteiger partial charge in [0.25, 0.3) is 0 Å². The first-order valence-electron chi connectivity index (χ1n) is 3.74. The van der Waals surface area contributed by atoms with Gasteiger partial charge in [-0.05, 0) is 0 Å². The Balaban J connectivity index is 2.04. The molecule has 2 rings (SSSR count). The quantitative estimate of drug-likeness (QED) is 0.453. The number of carbonyl (C=O) groups is 2. The van der Waals surface area contributed by atoms with Crippen molar-refractivity contribution in [3.05, 3.63) is 0 Å². The lowest BCUT2D eigenvalue weighted by Crippen LogP contribution is -2.57. The van der Waals surface area contributed by atoms with E-state index in [2.05, 4.69) is 5.32 Å². The molecule has 0 unspecified atom stereocenters. The van der Waals surface area contributed by atoms with Crippen molar-refractivity contribution in [1.29, 1.82) is 0 Å². The Labute approximate surface area is 64.5 Å². The molecule has 60 valence electrons. The zero-order valence-electron chi connectivity index (χ0n) is 6.33. The summed E-state index contributed by atoms with van der Waals surface area (Å²) in [5, 5.41) is 2.76. The molecule has 2 aliphatic rings. The molecule has 2 amide bonds. The van der Waals surface area contributed by atoms with Crippen LogP contribution in [0.2, 0.25) is 0 Å². The van der Waals surface area contributed by atoms with E-state index in [9.17, 15) is 9.59 Å². The van der Waals surface area contributed by atoms with Gasteiger partial charge in [-0.25, -0.2) is 0 Å². The molecule has 0 bridgehead atoms. The summed E-state index contributed by atoms with van der Waals surface area (Å²) in [6.45, 7) is 2.85. The molecular weight excluding hydrogens is 144 g/mol. The van der Waals surface area contributed by atoms with E-state index in [0.29, 0.717) is 13.1 Å². The molecule has 2 saturated heterocycles. The van der Waals surface area contributed by atoms with Crippen molar-refractivity contribution in [2.75, 3.05) is 13.1 Å². The molecule has 0 radical (unpaired) electrons. The first kappa shape index (κ1) is 6.64. The third-order valence-corrected chi connectivity index (χ3v) is 2.43. The molecule has 2 heterocycles. The second kappa shape index (κ2) is 1.96. The van der Waals surface area contributed by atoms with Crippen molar-refractivity contribution < 1.29 is 9.59 Å². The minimum atomic E-state index is 0.0639. The number of amides is 2. The van der Waals surface area contributed by atoms with Gasteiger partial charge < -0.3 is 10.2 Å². The highest BCUT2D eigenvalue weighted by Crippen LogP contribution is 2.24. The van der Waals surface area contributed by atoms with Crippen LogP contribution in [0.4, 0.5) is 0 Å². The van der Waals surface area contributed by atoms with Crippen molar-refractivity contribution in [2.45, 2.75) is 13.0 Å². The van der Waals surface area contributed by atoms with Gasteiger partial charge in [-0.2, -0.15) is 0 Å². The molecular formula is C7H10N2O2. The summed E-state index contributed by atoms with van der Waals surface area (Å²) in [5.41, 5.74) is 0. The summed E-state index contributed by atoms with van der Waals surface area (Å²) in [6, 6.07) is 0.242. The predicted octanol–water partition coefficient (Wildman–Crippen LogP) is -1.04. The maximum Gasteiger partial charge on any atom is 0.227 e. The van der Waals surface area contributed by atoms with Gasteiger partial charge in [0.05, 0.1) is 12.0 Å². The summed E-state index contributed by atoms with van der Waals surface area (Å²) in [5.74, 6) is 0.242. The Morgan fingerprint density at radius 3 is 2.82 bits per heavy atom. The molecule has 0 aliphatic carbocycles. The summed E-state index contributed by atoms with van der Waals surface area (Å²) < 4.78 is 0. The van der Waals surface area contributed by atoms with E-state index >= 15 is 0 Å². The Kier molecular flexibility index (Phi) is 1.19. The van der Waals surface area contributed by atoms with Crippen LogP contribution in [0.1, 0.15) is 6.92 Å². The smallest absolute Gasteiger partial charge is 0.227 e. The van der Waals surface area contributed by atoms with Gasteiger partial charge in [0.15, 0.2) is 0 Å². The molecule has 2 fully saturated rings. The van der Waals surface area contributed by atoms with Gasteiger partial charge in [-0.1, -0.05) is 0 Å². The van der Waals surface area contributed by atoms with Crippen LogP contribution in [0.25, 0.3) is 0 Å². The topological polar surface area (TPSA) is 49.4 Å². The maximum atomic E-state index is 10.9. The van der Waals surface area contributed by atoms with Crippen LogP contribution in [0.5, 0.6) is 0 Å². The minimum Gasteiger partial charge on any atom is -0.350 e. The Morgan fingerprint density at radius 2 is 2.36 bits per heavy atom. The van der Waals surface area contributed by atoms with Crippen LogP contribution in [-0.4, -0.2) is 35.8 Å². The van der Waals surface area contributed by atoms with Crippen LogP contribution in [0.3, 0.4) is 0 Å². The summed E-state index contributed by atoms with van der Waals surface area (Å²) in [7, 11) is 0. The molecule has 1 N–H and O–H groups in total. The lowest BCUT2D eigenvalue weighted by Gasteiger charge is -2.28. The molecule has 0 saturated carbocycles. The third-order valence-electron chi connectivity index (χ3n) is 2.43. The number of rotatable bonds is 0. The van der Waals surface area contributed by atoms with E-state index in [1.807, 2.05) is 0 Å². The highest BCUT2D eigenvalue weighted by Gasteiger charge is 2.46. The molecule has 2 aliphatic heterocycles. The van der Waals surface area contributed by atoms with Gasteiger partial charge in [0, 0.05) is 20.0 Å². The average Bonchev–Trinajstić information content (AvgIpc) is 2.26. The second-order valence-corrected chi connectivity index (χ2v) is 3.15. The molecule has 0 spiro atoms. The van der Waals surface area contributed by atoms with E-state index in [1.54, 1.807) is 4.90 Å². The highest BCUT2D eigenvalue weighted by molar-refractivity contribution is 5.88. The number of fused-ring (bicyclic) bond motifs is 1. The monoisotopic (exact) mass is 154 g/mol. The summed E-state index contributed by atoms with van der Waals surface area (Å²) >= 11 is 0. The fourth-order valence-corrected chi connectivity index (χ4v) is 1.67. The summed E-state index contributed by atoms with van der Waals surface area (Å²) in [6.07, 6.45) is 0. The van der Waals surface area contributed by atoms with Gasteiger partial charge >= 0.3 is 0 Å². The van der Waals surface area contributed by atoms with Gasteiger partial charge in [0.2, 0.25) is 11.8 Å². The molecule has 4 heteroatoms. The van der Waals surface area contributed by atoms with E-state index in [0.717, 1.165) is 0 Å². The predicted molar refractivity (Wildman–Crippen MR) is 37.7 cm³/mol. The maximum absolute atomic E-state index is 10.9. The number of likely N-dealkylation sites (tertiary alicyclic amines) is 1. The fraction of sp³-hybridized carbons (Fsp3) is 0.714. The first-order chi connectivity index (χ1) is 5.18. The standard InChI is InChI=1S/C7H10N2O2/c1-4(10)9-2-5-6(3-9)8-7(5)11/h5-6H,2-3H2,1H3,(H,8,11)/t5-,6+/m1/s1. The van der Waals surface area contributed by atoms with Gasteiger partial charge in [-0.15, -0.1) is 0 Å². The highest BCUT2D eigenvalue weighted by atomic mass is 16.2. The normalized spacial score (nSPS) is 34.3. The van der Waals surface area contributed by atoms with Crippen LogP contribution < -0.4 is 5.32 Å². The number of nitrogens with zero attached hydrogens (tertiary/aromatic N) is 1. The minimum absolute atomic E-state index is 0.0639. The van der Waals surface area contributed by atoms with Crippen molar-refractivity contribution in [1.82, 2.24) is 10.2 Å². The SMILES string of the molecule is CC(=O)N1C[C@@H]2NC(=O)[C@@H]2C1. The fourth-order valence-electron chi connectivity index (χ4n) is 1.67. The molecule has 0 aromatic carbocycles. The Hall–Kier alpha value is -1.06. The number of carbonyl (C=O) groups excluding carboxylic acids is 2. The number of hydrogen-bond donors (Lipinski definition) is 1. The van der Waals surface area contributed by atoms with E-state index in [-0.39, 0.29) is 23.8 Å². The lowest BCUT2D eigenvalue weighted by molar-refractivity contribution is -0.132. The number of nitrogens with one attached hydrogen (secondary N) is 1. The first-order valence-corrected chi connectivity index (χ1v) is 3.74. The Bertz CT molecular complexity index is 226.